The van der Waals surface area contributed by atoms with E-state index in [-0.39, 0.29) is 0 Å². The van der Waals surface area contributed by atoms with Gasteiger partial charge in [-0.2, -0.15) is 0 Å². The highest BCUT2D eigenvalue weighted by molar-refractivity contribution is 5.83. The van der Waals surface area contributed by atoms with E-state index in [0.717, 1.165) is 0 Å². The first-order valence-electron chi connectivity index (χ1n) is 7.90. The predicted octanol–water partition coefficient (Wildman–Crippen LogP) is 5.87. The zero-order chi connectivity index (χ0) is 14.2. The molecule has 0 heterocycles. The smallest absolute Gasteiger partial charge is 0.00926 e. The van der Waals surface area contributed by atoms with Crippen molar-refractivity contribution in [1.29, 1.82) is 0 Å². The van der Waals surface area contributed by atoms with Crippen molar-refractivity contribution in [2.75, 3.05) is 0 Å². The molecule has 0 saturated heterocycles. The van der Waals surface area contributed by atoms with Gasteiger partial charge in [-0.25, -0.2) is 0 Å². The van der Waals surface area contributed by atoms with Crippen LogP contribution in [-0.2, 0) is 0 Å². The first kappa shape index (κ1) is 12.6. The van der Waals surface area contributed by atoms with Gasteiger partial charge in [0.2, 0.25) is 0 Å². The largest absolute Gasteiger partial charge is 0.0620 e. The van der Waals surface area contributed by atoms with Crippen LogP contribution in [0.25, 0.3) is 10.8 Å². The van der Waals surface area contributed by atoms with Crippen LogP contribution < -0.4 is 0 Å². The molecule has 1 unspecified atom stereocenters. The summed E-state index contributed by atoms with van der Waals surface area (Å²) in [6.07, 6.45) is 2.55. The lowest BCUT2D eigenvalue weighted by Gasteiger charge is -2.30. The number of benzene rings is 3. The summed E-state index contributed by atoms with van der Waals surface area (Å²) < 4.78 is 0. The van der Waals surface area contributed by atoms with Gasteiger partial charge in [0.15, 0.2) is 0 Å². The lowest BCUT2D eigenvalue weighted by molar-refractivity contribution is 0.545. The van der Waals surface area contributed by atoms with Gasteiger partial charge in [0.05, 0.1) is 0 Å². The van der Waals surface area contributed by atoms with Gasteiger partial charge in [-0.1, -0.05) is 73.7 Å². The molecule has 1 aliphatic carbocycles. The molecule has 0 nitrogen and oxygen atoms in total. The van der Waals surface area contributed by atoms with Crippen LogP contribution >= 0.6 is 0 Å². The van der Waals surface area contributed by atoms with Crippen LogP contribution in [0.15, 0.2) is 66.7 Å². The fraction of sp³-hybridized carbons (Fsp3) is 0.238. The molecule has 0 fully saturated rings. The molecule has 0 aliphatic heterocycles. The molecule has 0 spiro atoms. The first-order valence-corrected chi connectivity index (χ1v) is 7.90. The molecule has 0 heteroatoms. The maximum Gasteiger partial charge on any atom is 0.00926 e. The van der Waals surface area contributed by atoms with Gasteiger partial charge in [0, 0.05) is 5.92 Å². The van der Waals surface area contributed by atoms with E-state index in [0.29, 0.717) is 11.8 Å². The summed E-state index contributed by atoms with van der Waals surface area (Å²) in [6, 6.07) is 24.6. The summed E-state index contributed by atoms with van der Waals surface area (Å²) in [6.45, 7) is 2.36. The molecule has 2 atom stereocenters. The molecular formula is C21H20. The summed E-state index contributed by atoms with van der Waals surface area (Å²) in [4.78, 5) is 0. The number of hydrogen-bond donors (Lipinski definition) is 0. The van der Waals surface area contributed by atoms with Gasteiger partial charge < -0.3 is 0 Å². The molecule has 0 radical (unpaired) electrons. The maximum atomic E-state index is 2.38. The second kappa shape index (κ2) is 5.04. The van der Waals surface area contributed by atoms with E-state index in [1.165, 1.54) is 34.7 Å². The molecule has 104 valence electrons. The van der Waals surface area contributed by atoms with Gasteiger partial charge in [-0.15, -0.1) is 0 Å². The van der Waals surface area contributed by atoms with Crippen molar-refractivity contribution in [3.63, 3.8) is 0 Å². The number of hydrogen-bond acceptors (Lipinski definition) is 0. The molecule has 3 aromatic rings. The van der Waals surface area contributed by atoms with Gasteiger partial charge >= 0.3 is 0 Å². The fourth-order valence-corrected chi connectivity index (χ4v) is 3.78. The van der Waals surface area contributed by atoms with Crippen LogP contribution in [0.2, 0.25) is 0 Å². The SMILES string of the molecule is C[C@@H]1CCC(c2ccc3ccccc3c2)c2ccccc21. The van der Waals surface area contributed by atoms with Crippen LogP contribution in [0.5, 0.6) is 0 Å². The lowest BCUT2D eigenvalue weighted by Crippen LogP contribution is -2.13. The van der Waals surface area contributed by atoms with Gasteiger partial charge in [-0.3, -0.25) is 0 Å². The predicted molar refractivity (Wildman–Crippen MR) is 89.9 cm³/mol. The van der Waals surface area contributed by atoms with E-state index in [9.17, 15) is 0 Å². The van der Waals surface area contributed by atoms with Crippen molar-refractivity contribution in [3.05, 3.63) is 83.4 Å². The van der Waals surface area contributed by atoms with Crippen LogP contribution in [0.4, 0.5) is 0 Å². The third kappa shape index (κ3) is 2.15. The Labute approximate surface area is 126 Å². The second-order valence-corrected chi connectivity index (χ2v) is 6.27. The summed E-state index contributed by atoms with van der Waals surface area (Å²) >= 11 is 0. The van der Waals surface area contributed by atoms with Crippen molar-refractivity contribution < 1.29 is 0 Å². The minimum Gasteiger partial charge on any atom is -0.0620 e. The van der Waals surface area contributed by atoms with E-state index < -0.39 is 0 Å². The molecule has 1 aliphatic rings. The highest BCUT2D eigenvalue weighted by Crippen LogP contribution is 2.42. The minimum absolute atomic E-state index is 0.557. The summed E-state index contributed by atoms with van der Waals surface area (Å²) in [7, 11) is 0. The summed E-state index contributed by atoms with van der Waals surface area (Å²) in [5, 5.41) is 2.69. The maximum absolute atomic E-state index is 2.38. The Morgan fingerprint density at radius 3 is 2.29 bits per heavy atom. The Morgan fingerprint density at radius 2 is 1.43 bits per heavy atom. The number of fused-ring (bicyclic) bond motifs is 2. The topological polar surface area (TPSA) is 0 Å². The lowest BCUT2D eigenvalue weighted by atomic mass is 9.74. The molecular weight excluding hydrogens is 252 g/mol. The van der Waals surface area contributed by atoms with E-state index in [2.05, 4.69) is 73.7 Å². The van der Waals surface area contributed by atoms with Crippen molar-refractivity contribution in [2.45, 2.75) is 31.6 Å². The molecule has 0 aromatic heterocycles. The van der Waals surface area contributed by atoms with Crippen molar-refractivity contribution >= 4 is 10.8 Å². The molecule has 0 bridgehead atoms. The van der Waals surface area contributed by atoms with Crippen LogP contribution in [0, 0.1) is 0 Å². The molecule has 0 N–H and O–H groups in total. The highest BCUT2D eigenvalue weighted by atomic mass is 14.3. The Balaban J connectivity index is 1.84. The fourth-order valence-electron chi connectivity index (χ4n) is 3.78. The zero-order valence-electron chi connectivity index (χ0n) is 12.4. The average Bonchev–Trinajstić information content (AvgIpc) is 2.55. The van der Waals surface area contributed by atoms with E-state index in [4.69, 9.17) is 0 Å². The Bertz CT molecular complexity index is 785. The van der Waals surface area contributed by atoms with Crippen LogP contribution in [0.3, 0.4) is 0 Å². The third-order valence-electron chi connectivity index (χ3n) is 4.97. The highest BCUT2D eigenvalue weighted by Gasteiger charge is 2.25. The van der Waals surface area contributed by atoms with Crippen molar-refractivity contribution in [2.24, 2.45) is 0 Å². The zero-order valence-corrected chi connectivity index (χ0v) is 12.4. The number of rotatable bonds is 1. The van der Waals surface area contributed by atoms with Gasteiger partial charge in [0.1, 0.15) is 0 Å². The quantitative estimate of drug-likeness (QED) is 0.519. The van der Waals surface area contributed by atoms with Crippen LogP contribution in [0.1, 0.15) is 48.3 Å². The third-order valence-corrected chi connectivity index (χ3v) is 4.97. The second-order valence-electron chi connectivity index (χ2n) is 6.27. The van der Waals surface area contributed by atoms with Gasteiger partial charge in [0.25, 0.3) is 0 Å². The van der Waals surface area contributed by atoms with Crippen LogP contribution in [-0.4, -0.2) is 0 Å². The summed E-state index contributed by atoms with van der Waals surface area (Å²) in [5.41, 5.74) is 4.54. The first-order chi connectivity index (χ1) is 10.3. The van der Waals surface area contributed by atoms with E-state index in [1.54, 1.807) is 5.56 Å². The van der Waals surface area contributed by atoms with E-state index in [1.807, 2.05) is 0 Å². The molecule has 3 aromatic carbocycles. The molecule has 4 rings (SSSR count). The Morgan fingerprint density at radius 1 is 0.714 bits per heavy atom. The Hall–Kier alpha value is -2.08. The molecule has 0 amide bonds. The minimum atomic E-state index is 0.557. The average molecular weight is 272 g/mol. The standard InChI is InChI=1S/C21H20/c1-15-10-13-20(21-9-5-4-8-19(15)21)18-12-11-16-6-2-3-7-17(16)14-18/h2-9,11-12,14-15,20H,10,13H2,1H3/t15-,20?/m1/s1. The summed E-state index contributed by atoms with van der Waals surface area (Å²) in [5.74, 6) is 1.25. The Kier molecular flexibility index (Phi) is 3.03. The molecule has 21 heavy (non-hydrogen) atoms. The normalized spacial score (nSPS) is 21.2. The van der Waals surface area contributed by atoms with Gasteiger partial charge in [-0.05, 0) is 46.2 Å². The molecule has 0 saturated carbocycles. The van der Waals surface area contributed by atoms with Crippen molar-refractivity contribution in [1.82, 2.24) is 0 Å². The van der Waals surface area contributed by atoms with E-state index >= 15 is 0 Å². The monoisotopic (exact) mass is 272 g/mol. The van der Waals surface area contributed by atoms with Crippen molar-refractivity contribution in [3.8, 4) is 0 Å².